The predicted octanol–water partition coefficient (Wildman–Crippen LogP) is 1.80. The maximum atomic E-state index is 12.6. The van der Waals surface area contributed by atoms with E-state index in [0.29, 0.717) is 19.0 Å². The predicted molar refractivity (Wildman–Crippen MR) is 120 cm³/mol. The van der Waals surface area contributed by atoms with Gasteiger partial charge in [-0.15, -0.1) is 0 Å². The van der Waals surface area contributed by atoms with Crippen LogP contribution >= 0.6 is 0 Å². The monoisotopic (exact) mass is 426 g/mol. The van der Waals surface area contributed by atoms with Crippen molar-refractivity contribution in [2.24, 2.45) is 11.8 Å². The molecule has 7 nitrogen and oxygen atoms in total. The summed E-state index contributed by atoms with van der Waals surface area (Å²) in [6, 6.07) is 7.84. The molecular weight excluding hydrogens is 392 g/mol. The first-order valence-corrected chi connectivity index (χ1v) is 11.7. The largest absolute Gasteiger partial charge is 0.355 e. The number of carbonyl (C=O) groups excluding carboxylic acids is 3. The number of anilines is 1. The van der Waals surface area contributed by atoms with Crippen molar-refractivity contribution in [1.29, 1.82) is 0 Å². The minimum absolute atomic E-state index is 0.00653. The van der Waals surface area contributed by atoms with Gasteiger partial charge < -0.3 is 15.1 Å². The lowest BCUT2D eigenvalue weighted by Gasteiger charge is -2.36. The average Bonchev–Trinajstić information content (AvgIpc) is 3.44. The number of hydrogen-bond acceptors (Lipinski definition) is 4. The molecule has 3 amide bonds. The second-order valence-corrected chi connectivity index (χ2v) is 9.18. The molecule has 3 aliphatic rings. The van der Waals surface area contributed by atoms with Crippen LogP contribution in [-0.4, -0.2) is 73.3 Å². The van der Waals surface area contributed by atoms with Crippen molar-refractivity contribution in [3.8, 4) is 0 Å². The average molecular weight is 427 g/mol. The van der Waals surface area contributed by atoms with Gasteiger partial charge in [0.05, 0.1) is 5.92 Å². The van der Waals surface area contributed by atoms with Gasteiger partial charge in [-0.25, -0.2) is 0 Å². The van der Waals surface area contributed by atoms with E-state index in [0.717, 1.165) is 56.8 Å². The van der Waals surface area contributed by atoms with Crippen molar-refractivity contribution in [3.05, 3.63) is 29.8 Å². The van der Waals surface area contributed by atoms with Crippen LogP contribution in [0, 0.1) is 18.8 Å². The molecule has 1 aliphatic carbocycles. The molecule has 2 saturated heterocycles. The molecule has 31 heavy (non-hydrogen) atoms. The Bertz CT molecular complexity index is 796. The van der Waals surface area contributed by atoms with Crippen LogP contribution in [0.5, 0.6) is 0 Å². The smallest absolute Gasteiger partial charge is 0.227 e. The number of nitrogens with one attached hydrogen (secondary N) is 1. The number of amides is 3. The first kappa shape index (κ1) is 21.8. The van der Waals surface area contributed by atoms with Gasteiger partial charge >= 0.3 is 0 Å². The van der Waals surface area contributed by atoms with E-state index >= 15 is 0 Å². The van der Waals surface area contributed by atoms with E-state index in [1.165, 1.54) is 12.8 Å². The number of aryl methyl sites for hydroxylation is 1. The fourth-order valence-electron chi connectivity index (χ4n) is 4.96. The van der Waals surface area contributed by atoms with Crippen LogP contribution in [0.15, 0.2) is 24.3 Å². The zero-order valence-electron chi connectivity index (χ0n) is 18.5. The van der Waals surface area contributed by atoms with E-state index < -0.39 is 0 Å². The van der Waals surface area contributed by atoms with E-state index in [2.05, 4.69) is 10.2 Å². The molecule has 2 heterocycles. The maximum Gasteiger partial charge on any atom is 0.227 e. The Morgan fingerprint density at radius 2 is 1.68 bits per heavy atom. The van der Waals surface area contributed by atoms with E-state index in [-0.39, 0.29) is 30.1 Å². The Balaban J connectivity index is 1.17. The highest BCUT2D eigenvalue weighted by atomic mass is 16.2. The Morgan fingerprint density at radius 3 is 2.35 bits per heavy atom. The van der Waals surface area contributed by atoms with Gasteiger partial charge in [0, 0.05) is 63.8 Å². The highest BCUT2D eigenvalue weighted by Crippen LogP contribution is 2.27. The summed E-state index contributed by atoms with van der Waals surface area (Å²) in [5.41, 5.74) is 2.00. The summed E-state index contributed by atoms with van der Waals surface area (Å²) in [5.74, 6) is 0.258. The van der Waals surface area contributed by atoms with Gasteiger partial charge in [-0.05, 0) is 31.9 Å². The zero-order valence-corrected chi connectivity index (χ0v) is 18.5. The van der Waals surface area contributed by atoms with E-state index in [1.54, 1.807) is 4.90 Å². The van der Waals surface area contributed by atoms with Gasteiger partial charge in [-0.3, -0.25) is 19.3 Å². The number of nitrogens with zero attached hydrogens (tertiary/aromatic N) is 3. The quantitative estimate of drug-likeness (QED) is 0.753. The first-order valence-electron chi connectivity index (χ1n) is 11.7. The summed E-state index contributed by atoms with van der Waals surface area (Å²) in [6.07, 6.45) is 4.74. The van der Waals surface area contributed by atoms with Crippen LogP contribution in [0.3, 0.4) is 0 Å². The molecule has 1 atom stereocenters. The van der Waals surface area contributed by atoms with Crippen LogP contribution in [0.25, 0.3) is 0 Å². The fraction of sp³-hybridized carbons (Fsp3) is 0.625. The molecule has 0 spiro atoms. The number of benzene rings is 1. The third-order valence-electron chi connectivity index (χ3n) is 6.96. The van der Waals surface area contributed by atoms with E-state index in [1.807, 2.05) is 36.1 Å². The standard InChI is InChI=1S/C24H34N4O3/c1-18-6-8-21(9-7-18)28-17-20(16-22(28)29)23(30)25-10-11-26-12-14-27(15-13-26)24(31)19-4-2-3-5-19/h6-9,19-20H,2-5,10-17H2,1H3,(H,25,30). The summed E-state index contributed by atoms with van der Waals surface area (Å²) >= 11 is 0. The summed E-state index contributed by atoms with van der Waals surface area (Å²) < 4.78 is 0. The van der Waals surface area contributed by atoms with Crippen LogP contribution in [-0.2, 0) is 14.4 Å². The molecule has 1 aromatic carbocycles. The lowest BCUT2D eigenvalue weighted by molar-refractivity contribution is -0.137. The topological polar surface area (TPSA) is 73.0 Å². The number of rotatable bonds is 6. The van der Waals surface area contributed by atoms with Gasteiger partial charge in [-0.1, -0.05) is 30.5 Å². The van der Waals surface area contributed by atoms with Crippen LogP contribution < -0.4 is 10.2 Å². The number of piperazine rings is 1. The fourth-order valence-corrected chi connectivity index (χ4v) is 4.96. The van der Waals surface area contributed by atoms with E-state index in [9.17, 15) is 14.4 Å². The molecular formula is C24H34N4O3. The second kappa shape index (κ2) is 9.81. The van der Waals surface area contributed by atoms with Crippen LogP contribution in [0.2, 0.25) is 0 Å². The second-order valence-electron chi connectivity index (χ2n) is 9.18. The minimum Gasteiger partial charge on any atom is -0.355 e. The molecule has 1 N–H and O–H groups in total. The molecule has 4 rings (SSSR count). The normalized spacial score (nSPS) is 22.9. The Morgan fingerprint density at radius 1 is 1.00 bits per heavy atom. The van der Waals surface area contributed by atoms with Crippen LogP contribution in [0.4, 0.5) is 5.69 Å². The van der Waals surface area contributed by atoms with Gasteiger partial charge in [0.1, 0.15) is 0 Å². The molecule has 0 radical (unpaired) electrons. The molecule has 0 aromatic heterocycles. The Labute approximate surface area is 184 Å². The van der Waals surface area contributed by atoms with Gasteiger partial charge in [0.2, 0.25) is 17.7 Å². The van der Waals surface area contributed by atoms with Crippen molar-refractivity contribution >= 4 is 23.4 Å². The van der Waals surface area contributed by atoms with Gasteiger partial charge in [0.15, 0.2) is 0 Å². The number of carbonyl (C=O) groups is 3. The zero-order chi connectivity index (χ0) is 21.8. The third-order valence-corrected chi connectivity index (χ3v) is 6.96. The SMILES string of the molecule is Cc1ccc(N2CC(C(=O)NCCN3CCN(C(=O)C4CCCC4)CC3)CC2=O)cc1. The Hall–Kier alpha value is -2.41. The molecule has 1 saturated carbocycles. The maximum absolute atomic E-state index is 12.6. The highest BCUT2D eigenvalue weighted by Gasteiger charge is 2.35. The number of hydrogen-bond donors (Lipinski definition) is 1. The highest BCUT2D eigenvalue weighted by molar-refractivity contribution is 6.00. The molecule has 1 unspecified atom stereocenters. The lowest BCUT2D eigenvalue weighted by Crippen LogP contribution is -2.51. The van der Waals surface area contributed by atoms with Gasteiger partial charge in [-0.2, -0.15) is 0 Å². The van der Waals surface area contributed by atoms with Crippen molar-refractivity contribution in [3.63, 3.8) is 0 Å². The summed E-state index contributed by atoms with van der Waals surface area (Å²) in [5, 5.41) is 3.01. The first-order chi connectivity index (χ1) is 15.0. The van der Waals surface area contributed by atoms with Crippen LogP contribution in [0.1, 0.15) is 37.7 Å². The summed E-state index contributed by atoms with van der Waals surface area (Å²) in [4.78, 5) is 43.6. The van der Waals surface area contributed by atoms with Crippen molar-refractivity contribution in [2.45, 2.75) is 39.0 Å². The lowest BCUT2D eigenvalue weighted by atomic mass is 10.1. The molecule has 7 heteroatoms. The molecule has 168 valence electrons. The van der Waals surface area contributed by atoms with Gasteiger partial charge in [0.25, 0.3) is 0 Å². The summed E-state index contributed by atoms with van der Waals surface area (Å²) in [6.45, 7) is 7.09. The van der Waals surface area contributed by atoms with Crippen molar-refractivity contribution in [1.82, 2.24) is 15.1 Å². The van der Waals surface area contributed by atoms with E-state index in [4.69, 9.17) is 0 Å². The van der Waals surface area contributed by atoms with Crippen molar-refractivity contribution in [2.75, 3.05) is 50.7 Å². The Kier molecular flexibility index (Phi) is 6.90. The van der Waals surface area contributed by atoms with Crippen molar-refractivity contribution < 1.29 is 14.4 Å². The molecule has 2 aliphatic heterocycles. The molecule has 0 bridgehead atoms. The molecule has 3 fully saturated rings. The minimum atomic E-state index is -0.297. The molecule has 1 aromatic rings. The summed E-state index contributed by atoms with van der Waals surface area (Å²) in [7, 11) is 0. The third kappa shape index (κ3) is 5.26.